The van der Waals surface area contributed by atoms with Crippen LogP contribution in [0.2, 0.25) is 0 Å². The molecule has 1 heterocycles. The maximum atomic E-state index is 12.6. The topological polar surface area (TPSA) is 68.5 Å². The van der Waals surface area contributed by atoms with Gasteiger partial charge < -0.3 is 0 Å². The minimum absolute atomic E-state index is 0.130. The van der Waals surface area contributed by atoms with E-state index in [-0.39, 0.29) is 26.0 Å². The van der Waals surface area contributed by atoms with Gasteiger partial charge in [0.1, 0.15) is 0 Å². The maximum absolute atomic E-state index is 12.6. The average Bonchev–Trinajstić information content (AvgIpc) is 2.91. The van der Waals surface area contributed by atoms with Crippen LogP contribution in [0.5, 0.6) is 5.75 Å². The van der Waals surface area contributed by atoms with Crippen LogP contribution in [0.15, 0.2) is 53.3 Å². The molecule has 23 heavy (non-hydrogen) atoms. The Morgan fingerprint density at radius 2 is 1.91 bits per heavy atom. The van der Waals surface area contributed by atoms with Crippen molar-refractivity contribution in [3.05, 3.63) is 64.4 Å². The predicted octanol–water partition coefficient (Wildman–Crippen LogP) is 1.72. The summed E-state index contributed by atoms with van der Waals surface area (Å²) in [7, 11) is 1.33. The summed E-state index contributed by atoms with van der Waals surface area (Å²) < 4.78 is 7.48. The summed E-state index contributed by atoms with van der Waals surface area (Å²) in [6.07, 6.45) is 0.356. The van der Waals surface area contributed by atoms with E-state index >= 15 is 0 Å². The number of carbonyl (C=O) groups excluding carboxylic acids is 1. The standard InChI is InChI=1S/C17H15NO4Se/c1-22-17(21)14(10-11-6-8-12(19)9-7-11)18-16(20)13-4-2-3-5-15(13)23-18/h2-9,14,19H,10H2,1H3/t14-/m0/s1. The Morgan fingerprint density at radius 3 is 2.57 bits per heavy atom. The van der Waals surface area contributed by atoms with Crippen LogP contribution < -0.4 is 5.56 Å². The van der Waals surface area contributed by atoms with Gasteiger partial charge in [-0.2, -0.15) is 0 Å². The van der Waals surface area contributed by atoms with E-state index in [1.807, 2.05) is 18.2 Å². The van der Waals surface area contributed by atoms with Crippen molar-refractivity contribution in [2.24, 2.45) is 0 Å². The summed E-state index contributed by atoms with van der Waals surface area (Å²) in [6.45, 7) is 0. The first-order chi connectivity index (χ1) is 11.1. The number of benzene rings is 2. The Bertz CT molecular complexity index is 895. The molecule has 0 aliphatic carbocycles. The van der Waals surface area contributed by atoms with Crippen LogP contribution in [0.4, 0.5) is 0 Å². The number of aromatic nitrogens is 1. The number of phenolic OH excluding ortho intramolecular Hbond substituents is 1. The first kappa shape index (κ1) is 15.6. The molecular weight excluding hydrogens is 361 g/mol. The summed E-state index contributed by atoms with van der Waals surface area (Å²) in [5.41, 5.74) is 0.729. The molecule has 0 aliphatic rings. The molecule has 3 aromatic rings. The number of methoxy groups -OCH3 is 1. The second kappa shape index (κ2) is 6.44. The second-order valence-corrected chi connectivity index (χ2v) is 7.26. The molecule has 0 bridgehead atoms. The van der Waals surface area contributed by atoms with Crippen molar-refractivity contribution in [3.8, 4) is 5.75 Å². The van der Waals surface area contributed by atoms with E-state index in [1.54, 1.807) is 33.9 Å². The molecule has 0 unspecified atom stereocenters. The van der Waals surface area contributed by atoms with E-state index < -0.39 is 12.0 Å². The van der Waals surface area contributed by atoms with Crippen LogP contribution in [-0.4, -0.2) is 36.5 Å². The van der Waals surface area contributed by atoms with Gasteiger partial charge in [-0.1, -0.05) is 0 Å². The van der Waals surface area contributed by atoms with E-state index in [0.717, 1.165) is 9.82 Å². The zero-order valence-electron chi connectivity index (χ0n) is 12.4. The van der Waals surface area contributed by atoms with Gasteiger partial charge in [0, 0.05) is 0 Å². The van der Waals surface area contributed by atoms with Gasteiger partial charge >= 0.3 is 138 Å². The molecule has 1 atom stereocenters. The van der Waals surface area contributed by atoms with Crippen LogP contribution in [0.25, 0.3) is 9.65 Å². The third-order valence-electron chi connectivity index (χ3n) is 3.64. The van der Waals surface area contributed by atoms with Gasteiger partial charge in [-0.25, -0.2) is 0 Å². The number of phenols is 1. The van der Waals surface area contributed by atoms with Crippen molar-refractivity contribution < 1.29 is 14.6 Å². The van der Waals surface area contributed by atoms with Gasteiger partial charge in [-0.3, -0.25) is 0 Å². The normalized spacial score (nSPS) is 12.2. The van der Waals surface area contributed by atoms with Crippen LogP contribution in [0, 0.1) is 0 Å². The zero-order valence-corrected chi connectivity index (χ0v) is 14.1. The van der Waals surface area contributed by atoms with Gasteiger partial charge in [-0.05, 0) is 0 Å². The molecule has 1 N–H and O–H groups in total. The van der Waals surface area contributed by atoms with Crippen LogP contribution in [0.1, 0.15) is 11.6 Å². The Balaban J connectivity index is 2.04. The SMILES string of the molecule is COC(=O)[C@H](Cc1ccc(O)cc1)n1[se]c2ccccc2c1=O. The van der Waals surface area contributed by atoms with Gasteiger partial charge in [-0.15, -0.1) is 0 Å². The first-order valence-electron chi connectivity index (χ1n) is 7.06. The molecule has 6 heteroatoms. The zero-order chi connectivity index (χ0) is 16.4. The summed E-state index contributed by atoms with van der Waals surface area (Å²) in [4.78, 5) is 24.8. The molecule has 3 rings (SSSR count). The molecule has 0 saturated heterocycles. The number of hydrogen-bond acceptors (Lipinski definition) is 4. The number of nitrogens with zero attached hydrogens (tertiary/aromatic N) is 1. The van der Waals surface area contributed by atoms with E-state index in [2.05, 4.69) is 0 Å². The predicted molar refractivity (Wildman–Crippen MR) is 88.0 cm³/mol. The molecule has 0 aliphatic heterocycles. The fraction of sp³-hybridized carbons (Fsp3) is 0.176. The summed E-state index contributed by atoms with van der Waals surface area (Å²) in [5.74, 6) is -0.265. The van der Waals surface area contributed by atoms with E-state index in [0.29, 0.717) is 11.8 Å². The van der Waals surface area contributed by atoms with Crippen molar-refractivity contribution in [3.63, 3.8) is 0 Å². The molecule has 118 valence electrons. The van der Waals surface area contributed by atoms with Crippen molar-refractivity contribution >= 4 is 30.3 Å². The number of hydrogen-bond donors (Lipinski definition) is 1. The van der Waals surface area contributed by atoms with Crippen LogP contribution in [0.3, 0.4) is 0 Å². The first-order valence-corrected chi connectivity index (χ1v) is 8.68. The molecule has 5 nitrogen and oxygen atoms in total. The van der Waals surface area contributed by atoms with Gasteiger partial charge in [0.05, 0.1) is 0 Å². The average molecular weight is 376 g/mol. The molecular formula is C17H15NO4Se. The number of aromatic hydroxyl groups is 1. The number of ether oxygens (including phenoxy) is 1. The van der Waals surface area contributed by atoms with Crippen LogP contribution >= 0.6 is 0 Å². The second-order valence-electron chi connectivity index (χ2n) is 5.13. The Hall–Kier alpha value is -2.30. The van der Waals surface area contributed by atoms with Crippen molar-refractivity contribution in [2.75, 3.05) is 7.11 Å². The molecule has 0 fully saturated rings. The van der Waals surface area contributed by atoms with Gasteiger partial charge in [0.2, 0.25) is 0 Å². The van der Waals surface area contributed by atoms with Crippen molar-refractivity contribution in [1.29, 1.82) is 0 Å². The Labute approximate surface area is 138 Å². The fourth-order valence-electron chi connectivity index (χ4n) is 2.45. The van der Waals surface area contributed by atoms with Gasteiger partial charge in [0.25, 0.3) is 0 Å². The minimum atomic E-state index is -0.663. The number of fused-ring (bicyclic) bond motifs is 1. The Morgan fingerprint density at radius 1 is 1.22 bits per heavy atom. The van der Waals surface area contributed by atoms with Gasteiger partial charge in [0.15, 0.2) is 0 Å². The Kier molecular flexibility index (Phi) is 4.37. The molecule has 0 radical (unpaired) electrons. The van der Waals surface area contributed by atoms with E-state index in [4.69, 9.17) is 4.74 Å². The summed E-state index contributed by atoms with van der Waals surface area (Å²) >= 11 is -0.247. The van der Waals surface area contributed by atoms with Crippen molar-refractivity contribution in [2.45, 2.75) is 12.5 Å². The quantitative estimate of drug-likeness (QED) is 0.556. The molecule has 0 saturated carbocycles. The summed E-state index contributed by atoms with van der Waals surface area (Å²) in [5, 5.41) is 10.0. The third kappa shape index (κ3) is 3.09. The number of esters is 1. The molecule has 1 aromatic heterocycles. The summed E-state index contributed by atoms with van der Waals surface area (Å²) in [6, 6.07) is 13.4. The number of rotatable bonds is 4. The molecule has 2 aromatic carbocycles. The molecule has 0 spiro atoms. The van der Waals surface area contributed by atoms with Crippen molar-refractivity contribution in [1.82, 2.24) is 3.56 Å². The monoisotopic (exact) mass is 377 g/mol. The number of carbonyl (C=O) groups is 1. The van der Waals surface area contributed by atoms with Crippen LogP contribution in [-0.2, 0) is 16.0 Å². The third-order valence-corrected chi connectivity index (χ3v) is 6.09. The van der Waals surface area contributed by atoms with E-state index in [9.17, 15) is 14.7 Å². The van der Waals surface area contributed by atoms with E-state index in [1.165, 1.54) is 7.11 Å². The fourth-order valence-corrected chi connectivity index (χ4v) is 4.70. The molecule has 0 amide bonds.